The fourth-order valence-corrected chi connectivity index (χ4v) is 2.43. The van der Waals surface area contributed by atoms with Crippen molar-refractivity contribution in [2.45, 2.75) is 57.5 Å². The van der Waals surface area contributed by atoms with Crippen LogP contribution in [0.4, 0.5) is 0 Å². The van der Waals surface area contributed by atoms with Crippen molar-refractivity contribution in [3.63, 3.8) is 0 Å². The van der Waals surface area contributed by atoms with Gasteiger partial charge in [-0.1, -0.05) is 41.9 Å². The predicted octanol–water partition coefficient (Wildman–Crippen LogP) is 3.79. The second kappa shape index (κ2) is 7.93. The first-order valence-electron chi connectivity index (χ1n) is 6.83. The van der Waals surface area contributed by atoms with Gasteiger partial charge in [-0.2, -0.15) is 0 Å². The van der Waals surface area contributed by atoms with E-state index in [2.05, 4.69) is 54.0 Å². The SMILES string of the molecule is CCC(N)CC(CC(N)CC)c1ccc(Br)cc1. The van der Waals surface area contributed by atoms with Gasteiger partial charge < -0.3 is 11.5 Å². The Kier molecular flexibility index (Phi) is 6.90. The highest BCUT2D eigenvalue weighted by Crippen LogP contribution is 2.28. The van der Waals surface area contributed by atoms with E-state index in [-0.39, 0.29) is 12.1 Å². The second-order valence-corrected chi connectivity index (χ2v) is 5.97. The summed E-state index contributed by atoms with van der Waals surface area (Å²) in [5.41, 5.74) is 13.6. The number of rotatable bonds is 7. The highest BCUT2D eigenvalue weighted by molar-refractivity contribution is 9.10. The molecule has 0 saturated carbocycles. The average Bonchev–Trinajstić information content (AvgIpc) is 2.38. The summed E-state index contributed by atoms with van der Waals surface area (Å²) in [7, 11) is 0. The Labute approximate surface area is 119 Å². The minimum absolute atomic E-state index is 0.266. The van der Waals surface area contributed by atoms with Gasteiger partial charge in [0, 0.05) is 16.6 Å². The van der Waals surface area contributed by atoms with Crippen molar-refractivity contribution in [2.75, 3.05) is 0 Å². The molecule has 0 aliphatic rings. The molecule has 3 heteroatoms. The van der Waals surface area contributed by atoms with Crippen molar-refractivity contribution in [1.82, 2.24) is 0 Å². The molecule has 1 rings (SSSR count). The van der Waals surface area contributed by atoms with Crippen molar-refractivity contribution >= 4 is 15.9 Å². The number of hydrogen-bond donors (Lipinski definition) is 2. The van der Waals surface area contributed by atoms with Crippen LogP contribution in [0.15, 0.2) is 28.7 Å². The van der Waals surface area contributed by atoms with Crippen LogP contribution < -0.4 is 11.5 Å². The zero-order valence-electron chi connectivity index (χ0n) is 11.4. The fraction of sp³-hybridized carbons (Fsp3) is 0.600. The van der Waals surface area contributed by atoms with Crippen molar-refractivity contribution < 1.29 is 0 Å². The molecular weight excluding hydrogens is 288 g/mol. The first-order chi connectivity index (χ1) is 8.56. The monoisotopic (exact) mass is 312 g/mol. The first-order valence-corrected chi connectivity index (χ1v) is 7.62. The molecule has 0 spiro atoms. The Bertz CT molecular complexity index is 325. The summed E-state index contributed by atoms with van der Waals surface area (Å²) >= 11 is 3.47. The molecule has 102 valence electrons. The van der Waals surface area contributed by atoms with Crippen LogP contribution in [0.2, 0.25) is 0 Å². The summed E-state index contributed by atoms with van der Waals surface area (Å²) in [4.78, 5) is 0. The minimum Gasteiger partial charge on any atom is -0.328 e. The first kappa shape index (κ1) is 15.7. The molecular formula is C15H25BrN2. The molecule has 2 nitrogen and oxygen atoms in total. The Balaban J connectivity index is 2.78. The van der Waals surface area contributed by atoms with E-state index in [0.717, 1.165) is 30.2 Å². The van der Waals surface area contributed by atoms with Gasteiger partial charge in [-0.15, -0.1) is 0 Å². The number of benzene rings is 1. The molecule has 2 unspecified atom stereocenters. The number of halogens is 1. The predicted molar refractivity (Wildman–Crippen MR) is 82.6 cm³/mol. The normalized spacial score (nSPS) is 16.3. The molecule has 0 aliphatic carbocycles. The highest BCUT2D eigenvalue weighted by Gasteiger charge is 2.17. The van der Waals surface area contributed by atoms with Gasteiger partial charge in [0.25, 0.3) is 0 Å². The molecule has 0 bridgehead atoms. The van der Waals surface area contributed by atoms with Gasteiger partial charge in [-0.25, -0.2) is 0 Å². The second-order valence-electron chi connectivity index (χ2n) is 5.06. The zero-order chi connectivity index (χ0) is 13.5. The zero-order valence-corrected chi connectivity index (χ0v) is 13.0. The van der Waals surface area contributed by atoms with Crippen LogP contribution in [0, 0.1) is 0 Å². The van der Waals surface area contributed by atoms with Gasteiger partial charge in [0.15, 0.2) is 0 Å². The quantitative estimate of drug-likeness (QED) is 0.805. The largest absolute Gasteiger partial charge is 0.328 e. The summed E-state index contributed by atoms with van der Waals surface area (Å²) in [6.07, 6.45) is 4.08. The molecule has 0 heterocycles. The highest BCUT2D eigenvalue weighted by atomic mass is 79.9. The van der Waals surface area contributed by atoms with Crippen LogP contribution >= 0.6 is 15.9 Å². The van der Waals surface area contributed by atoms with Crippen LogP contribution in [-0.4, -0.2) is 12.1 Å². The third-order valence-electron chi connectivity index (χ3n) is 3.56. The van der Waals surface area contributed by atoms with Crippen molar-refractivity contribution in [3.05, 3.63) is 34.3 Å². The molecule has 1 aromatic carbocycles. The van der Waals surface area contributed by atoms with Crippen molar-refractivity contribution in [1.29, 1.82) is 0 Å². The summed E-state index contributed by atoms with van der Waals surface area (Å²) in [5, 5.41) is 0. The van der Waals surface area contributed by atoms with Crippen LogP contribution in [0.1, 0.15) is 51.0 Å². The molecule has 0 amide bonds. The summed E-state index contributed by atoms with van der Waals surface area (Å²) in [6.45, 7) is 4.28. The van der Waals surface area contributed by atoms with E-state index in [0.29, 0.717) is 5.92 Å². The van der Waals surface area contributed by atoms with Crippen LogP contribution in [0.5, 0.6) is 0 Å². The van der Waals surface area contributed by atoms with E-state index in [1.807, 2.05) is 0 Å². The van der Waals surface area contributed by atoms with E-state index in [4.69, 9.17) is 11.5 Å². The van der Waals surface area contributed by atoms with Crippen LogP contribution in [0.3, 0.4) is 0 Å². The molecule has 0 aliphatic heterocycles. The smallest absolute Gasteiger partial charge is 0.0175 e. The van der Waals surface area contributed by atoms with E-state index in [1.54, 1.807) is 0 Å². The molecule has 2 atom stereocenters. The Morgan fingerprint density at radius 2 is 1.39 bits per heavy atom. The third-order valence-corrected chi connectivity index (χ3v) is 4.09. The van der Waals surface area contributed by atoms with E-state index >= 15 is 0 Å². The molecule has 0 saturated heterocycles. The van der Waals surface area contributed by atoms with Crippen molar-refractivity contribution in [3.8, 4) is 0 Å². The number of hydrogen-bond acceptors (Lipinski definition) is 2. The van der Waals surface area contributed by atoms with Gasteiger partial charge in [-0.3, -0.25) is 0 Å². The molecule has 0 fully saturated rings. The Hall–Kier alpha value is -0.380. The van der Waals surface area contributed by atoms with Gasteiger partial charge in [-0.05, 0) is 49.3 Å². The molecule has 0 aromatic heterocycles. The number of nitrogens with two attached hydrogens (primary N) is 2. The van der Waals surface area contributed by atoms with Gasteiger partial charge in [0.2, 0.25) is 0 Å². The van der Waals surface area contributed by atoms with Crippen LogP contribution in [0.25, 0.3) is 0 Å². The molecule has 4 N–H and O–H groups in total. The topological polar surface area (TPSA) is 52.0 Å². The lowest BCUT2D eigenvalue weighted by Crippen LogP contribution is -2.27. The summed E-state index contributed by atoms with van der Waals surface area (Å²) in [6, 6.07) is 9.08. The minimum atomic E-state index is 0.266. The maximum atomic E-state index is 6.11. The van der Waals surface area contributed by atoms with E-state index in [9.17, 15) is 0 Å². The molecule has 1 aromatic rings. The third kappa shape index (κ3) is 5.09. The van der Waals surface area contributed by atoms with Gasteiger partial charge >= 0.3 is 0 Å². The van der Waals surface area contributed by atoms with E-state index < -0.39 is 0 Å². The maximum Gasteiger partial charge on any atom is 0.0175 e. The lowest BCUT2D eigenvalue weighted by Gasteiger charge is -2.23. The lowest BCUT2D eigenvalue weighted by atomic mass is 9.86. The Morgan fingerprint density at radius 3 is 1.78 bits per heavy atom. The Morgan fingerprint density at radius 1 is 0.944 bits per heavy atom. The molecule has 0 radical (unpaired) electrons. The summed E-state index contributed by atoms with van der Waals surface area (Å²) in [5.74, 6) is 0.475. The molecule has 18 heavy (non-hydrogen) atoms. The average molecular weight is 313 g/mol. The lowest BCUT2D eigenvalue weighted by molar-refractivity contribution is 0.447. The van der Waals surface area contributed by atoms with Crippen molar-refractivity contribution in [2.24, 2.45) is 11.5 Å². The standard InChI is InChI=1S/C15H25BrN2/c1-3-14(17)9-12(10-15(18)4-2)11-5-7-13(16)8-6-11/h5-8,12,14-15H,3-4,9-10,17-18H2,1-2H3. The van der Waals surface area contributed by atoms with E-state index in [1.165, 1.54) is 5.56 Å². The fourth-order valence-electron chi connectivity index (χ4n) is 2.17. The van der Waals surface area contributed by atoms with Crippen LogP contribution in [-0.2, 0) is 0 Å². The van der Waals surface area contributed by atoms with Gasteiger partial charge in [0.05, 0.1) is 0 Å². The van der Waals surface area contributed by atoms with Gasteiger partial charge in [0.1, 0.15) is 0 Å². The summed E-state index contributed by atoms with van der Waals surface area (Å²) < 4.78 is 1.12. The maximum absolute atomic E-state index is 6.11.